The number of halogens is 1. The minimum Gasteiger partial charge on any atom is -0.486 e. The lowest BCUT2D eigenvalue weighted by Gasteiger charge is -2.34. The average molecular weight is 543 g/mol. The number of anilines is 2. The highest BCUT2D eigenvalue weighted by Gasteiger charge is 2.24. The van der Waals surface area contributed by atoms with Gasteiger partial charge in [-0.1, -0.05) is 12.1 Å². The number of hydrogen-bond acceptors (Lipinski definition) is 8. The van der Waals surface area contributed by atoms with Gasteiger partial charge in [0.1, 0.15) is 25.0 Å². The van der Waals surface area contributed by atoms with Crippen molar-refractivity contribution in [3.63, 3.8) is 0 Å². The van der Waals surface area contributed by atoms with E-state index in [1.54, 1.807) is 29.3 Å². The second kappa shape index (κ2) is 10.2. The molecule has 40 heavy (non-hydrogen) atoms. The summed E-state index contributed by atoms with van der Waals surface area (Å²) in [7, 11) is 1.85. The first-order valence-corrected chi connectivity index (χ1v) is 13.1. The number of H-pyrrole nitrogens is 1. The van der Waals surface area contributed by atoms with Crippen LogP contribution in [0.1, 0.15) is 26.3 Å². The van der Waals surface area contributed by atoms with Crippen LogP contribution in [0.25, 0.3) is 33.7 Å². The normalized spacial score (nSPS) is 13.4. The Morgan fingerprint density at radius 3 is 2.75 bits per heavy atom. The van der Waals surface area contributed by atoms with Gasteiger partial charge in [-0.25, -0.2) is 19.3 Å². The van der Waals surface area contributed by atoms with Gasteiger partial charge >= 0.3 is 0 Å². The van der Waals surface area contributed by atoms with Crippen molar-refractivity contribution in [1.82, 2.24) is 29.7 Å². The van der Waals surface area contributed by atoms with Crippen LogP contribution in [0.5, 0.6) is 5.75 Å². The van der Waals surface area contributed by atoms with E-state index in [9.17, 15) is 0 Å². The Balaban J connectivity index is 1.21. The smallest absolute Gasteiger partial charge is 0.185 e. The van der Waals surface area contributed by atoms with Gasteiger partial charge in [0.25, 0.3) is 0 Å². The monoisotopic (exact) mass is 542 g/mol. The van der Waals surface area contributed by atoms with Gasteiger partial charge in [-0.3, -0.25) is 4.68 Å². The van der Waals surface area contributed by atoms with Crippen LogP contribution >= 0.6 is 0 Å². The number of rotatable bonds is 7. The molecule has 2 N–H and O–H groups in total. The first-order valence-electron chi connectivity index (χ1n) is 13.1. The Kier molecular flexibility index (Phi) is 6.59. The molecule has 6 rings (SSSR count). The van der Waals surface area contributed by atoms with Gasteiger partial charge in [-0.15, -0.1) is 0 Å². The number of aromatic amines is 1. The third kappa shape index (κ3) is 5.20. The molecule has 5 aromatic rings. The number of hydrogen-bond donors (Lipinski definition) is 2. The molecule has 0 bridgehead atoms. The number of nitrogens with zero attached hydrogens (tertiary/aromatic N) is 6. The third-order valence-electron chi connectivity index (χ3n) is 6.67. The van der Waals surface area contributed by atoms with E-state index in [0.717, 1.165) is 27.9 Å². The van der Waals surface area contributed by atoms with Crippen LogP contribution in [0.15, 0.2) is 55.1 Å². The van der Waals surface area contributed by atoms with Crippen LogP contribution in [0.3, 0.4) is 0 Å². The zero-order chi connectivity index (χ0) is 27.9. The second-order valence-electron chi connectivity index (χ2n) is 10.7. The topological polar surface area (TPSA) is 106 Å². The van der Waals surface area contributed by atoms with Crippen LogP contribution in [-0.4, -0.2) is 55.2 Å². The lowest BCUT2D eigenvalue weighted by molar-refractivity contribution is -0.00403. The zero-order valence-electron chi connectivity index (χ0n) is 22.9. The highest BCUT2D eigenvalue weighted by atomic mass is 19.1. The maximum Gasteiger partial charge on any atom is 0.185 e. The molecule has 0 saturated heterocycles. The molecule has 0 unspecified atom stereocenters. The minimum atomic E-state index is -0.326. The number of nitrogens with one attached hydrogen (secondary N) is 2. The van der Waals surface area contributed by atoms with Gasteiger partial charge in [0.15, 0.2) is 17.2 Å². The van der Waals surface area contributed by atoms with E-state index >= 15 is 4.39 Å². The van der Waals surface area contributed by atoms with Crippen molar-refractivity contribution >= 4 is 22.7 Å². The fraction of sp³-hybridized carbons (Fsp3) is 0.310. The Morgan fingerprint density at radius 2 is 1.98 bits per heavy atom. The van der Waals surface area contributed by atoms with Crippen LogP contribution in [0, 0.1) is 5.82 Å². The fourth-order valence-corrected chi connectivity index (χ4v) is 4.61. The molecule has 0 amide bonds. The number of benzene rings is 1. The SMILES string of the molecule is Cn1cc(-c2nc3nccc(-c4ccc(CNc5nccc6c5OCCN6COC(C)(C)C)c(F)c4)c3[nH]2)cn1. The molecular weight excluding hydrogens is 511 g/mol. The number of fused-ring (bicyclic) bond motifs is 2. The van der Waals surface area contributed by atoms with Crippen LogP contribution < -0.4 is 15.0 Å². The van der Waals surface area contributed by atoms with Crippen molar-refractivity contribution in [2.24, 2.45) is 7.05 Å². The van der Waals surface area contributed by atoms with E-state index < -0.39 is 0 Å². The molecule has 0 radical (unpaired) electrons. The van der Waals surface area contributed by atoms with Gasteiger partial charge in [0.05, 0.1) is 35.1 Å². The van der Waals surface area contributed by atoms with Gasteiger partial charge in [0, 0.05) is 43.3 Å². The quantitative estimate of drug-likeness (QED) is 0.291. The van der Waals surface area contributed by atoms with E-state index in [4.69, 9.17) is 9.47 Å². The summed E-state index contributed by atoms with van der Waals surface area (Å²) in [5.41, 5.74) is 4.85. The Labute approximate surface area is 231 Å². The number of imidazole rings is 1. The molecule has 10 nitrogen and oxygen atoms in total. The number of pyridine rings is 2. The van der Waals surface area contributed by atoms with Crippen LogP contribution in [-0.2, 0) is 18.3 Å². The summed E-state index contributed by atoms with van der Waals surface area (Å²) in [5, 5.41) is 7.47. The van der Waals surface area contributed by atoms with Crippen molar-refractivity contribution < 1.29 is 13.9 Å². The molecule has 4 aromatic heterocycles. The molecule has 1 aliphatic heterocycles. The second-order valence-corrected chi connectivity index (χ2v) is 10.7. The van der Waals surface area contributed by atoms with Crippen molar-refractivity contribution in [2.45, 2.75) is 32.9 Å². The van der Waals surface area contributed by atoms with E-state index in [-0.39, 0.29) is 18.0 Å². The van der Waals surface area contributed by atoms with Crippen molar-refractivity contribution in [3.05, 3.63) is 66.5 Å². The molecule has 0 spiro atoms. The first-order chi connectivity index (χ1) is 19.2. The molecular formula is C29H31FN8O2. The lowest BCUT2D eigenvalue weighted by atomic mass is 10.0. The van der Waals surface area contributed by atoms with Crippen LogP contribution in [0.2, 0.25) is 0 Å². The molecule has 5 heterocycles. The number of aromatic nitrogens is 6. The maximum absolute atomic E-state index is 15.4. The highest BCUT2D eigenvalue weighted by Crippen LogP contribution is 2.37. The van der Waals surface area contributed by atoms with Crippen LogP contribution in [0.4, 0.5) is 15.9 Å². The van der Waals surface area contributed by atoms with Gasteiger partial charge < -0.3 is 24.7 Å². The predicted octanol–water partition coefficient (Wildman–Crippen LogP) is 5.14. The van der Waals surface area contributed by atoms with E-state index in [0.29, 0.717) is 48.5 Å². The fourth-order valence-electron chi connectivity index (χ4n) is 4.61. The Bertz CT molecular complexity index is 1670. The van der Waals surface area contributed by atoms with E-state index in [2.05, 4.69) is 35.3 Å². The molecule has 0 aliphatic carbocycles. The summed E-state index contributed by atoms with van der Waals surface area (Å²) in [6, 6.07) is 8.97. The molecule has 1 aliphatic rings. The predicted molar refractivity (Wildman–Crippen MR) is 152 cm³/mol. The summed E-state index contributed by atoms with van der Waals surface area (Å²) in [6.45, 7) is 8.00. The summed E-state index contributed by atoms with van der Waals surface area (Å²) < 4.78 is 29.0. The molecule has 0 atom stereocenters. The Hall–Kier alpha value is -4.51. The standard InChI is InChI=1S/C29H31FN8O2/c1-29(2,3)40-17-38-11-12-39-25-23(38)8-10-32-28(25)33-14-19-6-5-18(13-22(19)30)21-7-9-31-27-24(21)35-26(36-27)20-15-34-37(4)16-20/h5-10,13,15-16H,11-12,14,17H2,1-4H3,(H,32,33)(H,31,35,36). The highest BCUT2D eigenvalue weighted by molar-refractivity contribution is 5.91. The largest absolute Gasteiger partial charge is 0.486 e. The zero-order valence-corrected chi connectivity index (χ0v) is 22.9. The summed E-state index contributed by atoms with van der Waals surface area (Å²) in [4.78, 5) is 18.9. The average Bonchev–Trinajstić information content (AvgIpc) is 3.57. The number of aryl methyl sites for hydroxylation is 1. The van der Waals surface area contributed by atoms with Crippen molar-refractivity contribution in [1.29, 1.82) is 0 Å². The minimum absolute atomic E-state index is 0.248. The van der Waals surface area contributed by atoms with E-state index in [1.165, 1.54) is 6.07 Å². The summed E-state index contributed by atoms with van der Waals surface area (Å²) in [6.07, 6.45) is 7.01. The van der Waals surface area contributed by atoms with Gasteiger partial charge in [0.2, 0.25) is 0 Å². The van der Waals surface area contributed by atoms with Crippen molar-refractivity contribution in [3.8, 4) is 28.3 Å². The Morgan fingerprint density at radius 1 is 1.12 bits per heavy atom. The molecule has 0 fully saturated rings. The third-order valence-corrected chi connectivity index (χ3v) is 6.67. The number of ether oxygens (including phenoxy) is 2. The summed E-state index contributed by atoms with van der Waals surface area (Å²) in [5.74, 6) is 1.55. The summed E-state index contributed by atoms with van der Waals surface area (Å²) >= 11 is 0. The van der Waals surface area contributed by atoms with Gasteiger partial charge in [-0.2, -0.15) is 5.10 Å². The first kappa shape index (κ1) is 25.8. The maximum atomic E-state index is 15.4. The van der Waals surface area contributed by atoms with Gasteiger partial charge in [-0.05, 0) is 44.5 Å². The molecule has 1 aromatic carbocycles. The van der Waals surface area contributed by atoms with Crippen molar-refractivity contribution in [2.75, 3.05) is 30.1 Å². The van der Waals surface area contributed by atoms with E-state index in [1.807, 2.05) is 52.2 Å². The molecule has 206 valence electrons. The lowest BCUT2D eigenvalue weighted by Crippen LogP contribution is -2.37. The molecule has 0 saturated carbocycles. The molecule has 11 heteroatoms.